The molecule has 0 spiro atoms. The standard InChI is InChI=1S/C15H22N4OS/c1-11-17-14(13-5-9-21-15(13)18-11)16-6-8-19-7-3-2-4-12(19)10-20/h5,9,12,20H,2-4,6-8,10H2,1H3,(H,16,17,18). The fourth-order valence-electron chi connectivity index (χ4n) is 2.98. The molecule has 0 radical (unpaired) electrons. The predicted molar refractivity (Wildman–Crippen MR) is 86.9 cm³/mol. The van der Waals surface area contributed by atoms with E-state index < -0.39 is 0 Å². The number of anilines is 1. The van der Waals surface area contributed by atoms with E-state index in [0.717, 1.165) is 47.9 Å². The summed E-state index contributed by atoms with van der Waals surface area (Å²) in [5, 5.41) is 16.0. The first-order chi connectivity index (χ1) is 10.3. The average Bonchev–Trinajstić information content (AvgIpc) is 2.96. The SMILES string of the molecule is Cc1nc(NCCN2CCCCC2CO)c2ccsc2n1. The summed E-state index contributed by atoms with van der Waals surface area (Å²) in [5.41, 5.74) is 0. The lowest BCUT2D eigenvalue weighted by atomic mass is 10.0. The van der Waals surface area contributed by atoms with Gasteiger partial charge in [-0.1, -0.05) is 6.42 Å². The number of fused-ring (bicyclic) bond motifs is 1. The maximum atomic E-state index is 9.45. The molecule has 114 valence electrons. The zero-order chi connectivity index (χ0) is 14.7. The van der Waals surface area contributed by atoms with Gasteiger partial charge >= 0.3 is 0 Å². The third-order valence-corrected chi connectivity index (χ3v) is 4.89. The Morgan fingerprint density at radius 2 is 2.33 bits per heavy atom. The molecule has 21 heavy (non-hydrogen) atoms. The molecule has 1 saturated heterocycles. The van der Waals surface area contributed by atoms with Gasteiger partial charge in [0.05, 0.1) is 12.0 Å². The molecule has 2 aromatic rings. The number of likely N-dealkylation sites (tertiary alicyclic amines) is 1. The van der Waals surface area contributed by atoms with Crippen LogP contribution in [-0.4, -0.2) is 52.3 Å². The second-order valence-electron chi connectivity index (χ2n) is 5.55. The fraction of sp³-hybridized carbons (Fsp3) is 0.600. The van der Waals surface area contributed by atoms with Gasteiger partial charge in [-0.05, 0) is 37.8 Å². The maximum absolute atomic E-state index is 9.45. The van der Waals surface area contributed by atoms with E-state index in [2.05, 4.69) is 31.6 Å². The minimum atomic E-state index is 0.265. The number of aliphatic hydroxyl groups is 1. The molecular formula is C15H22N4OS. The van der Waals surface area contributed by atoms with Crippen molar-refractivity contribution in [3.63, 3.8) is 0 Å². The number of hydrogen-bond donors (Lipinski definition) is 2. The molecule has 1 fully saturated rings. The smallest absolute Gasteiger partial charge is 0.138 e. The van der Waals surface area contributed by atoms with E-state index in [1.54, 1.807) is 11.3 Å². The topological polar surface area (TPSA) is 61.3 Å². The van der Waals surface area contributed by atoms with E-state index in [0.29, 0.717) is 6.04 Å². The summed E-state index contributed by atoms with van der Waals surface area (Å²) in [5.74, 6) is 1.73. The highest BCUT2D eigenvalue weighted by molar-refractivity contribution is 7.16. The summed E-state index contributed by atoms with van der Waals surface area (Å²) in [4.78, 5) is 12.4. The van der Waals surface area contributed by atoms with Gasteiger partial charge in [0, 0.05) is 19.1 Å². The average molecular weight is 306 g/mol. The summed E-state index contributed by atoms with van der Waals surface area (Å²) < 4.78 is 0. The van der Waals surface area contributed by atoms with E-state index in [4.69, 9.17) is 0 Å². The van der Waals surface area contributed by atoms with E-state index in [9.17, 15) is 5.11 Å². The Bertz CT molecular complexity index is 600. The van der Waals surface area contributed by atoms with Crippen LogP contribution in [0.1, 0.15) is 25.1 Å². The molecule has 1 unspecified atom stereocenters. The van der Waals surface area contributed by atoms with Crippen LogP contribution in [0, 0.1) is 6.92 Å². The molecule has 0 saturated carbocycles. The molecule has 6 heteroatoms. The summed E-state index contributed by atoms with van der Waals surface area (Å²) in [6, 6.07) is 2.40. The normalized spacial score (nSPS) is 20.0. The highest BCUT2D eigenvalue weighted by Gasteiger charge is 2.20. The number of rotatable bonds is 5. The first-order valence-corrected chi connectivity index (χ1v) is 8.46. The summed E-state index contributed by atoms with van der Waals surface area (Å²) in [7, 11) is 0. The van der Waals surface area contributed by atoms with Gasteiger partial charge in [-0.2, -0.15) is 0 Å². The predicted octanol–water partition coefficient (Wildman–Crippen LogP) is 2.26. The monoisotopic (exact) mass is 306 g/mol. The van der Waals surface area contributed by atoms with E-state index in [1.165, 1.54) is 12.8 Å². The van der Waals surface area contributed by atoms with Crippen LogP contribution in [0.3, 0.4) is 0 Å². The van der Waals surface area contributed by atoms with Crippen LogP contribution in [0.2, 0.25) is 0 Å². The fourth-order valence-corrected chi connectivity index (χ4v) is 3.79. The molecule has 0 amide bonds. The summed E-state index contributed by atoms with van der Waals surface area (Å²) >= 11 is 1.65. The number of thiophene rings is 1. The Hall–Kier alpha value is -1.24. The van der Waals surface area contributed by atoms with Gasteiger partial charge in [-0.15, -0.1) is 11.3 Å². The first-order valence-electron chi connectivity index (χ1n) is 7.58. The molecule has 0 bridgehead atoms. The van der Waals surface area contributed by atoms with Crippen molar-refractivity contribution < 1.29 is 5.11 Å². The summed E-state index contributed by atoms with van der Waals surface area (Å²) in [6.45, 7) is 5.07. The molecule has 5 nitrogen and oxygen atoms in total. The lowest BCUT2D eigenvalue weighted by molar-refractivity contribution is 0.0940. The third-order valence-electron chi connectivity index (χ3n) is 4.09. The zero-order valence-corrected chi connectivity index (χ0v) is 13.2. The van der Waals surface area contributed by atoms with Crippen molar-refractivity contribution in [3.05, 3.63) is 17.3 Å². The number of aryl methyl sites for hydroxylation is 1. The molecule has 1 aliphatic rings. The quantitative estimate of drug-likeness (QED) is 0.887. The van der Waals surface area contributed by atoms with Crippen molar-refractivity contribution in [2.45, 2.75) is 32.2 Å². The van der Waals surface area contributed by atoms with Crippen molar-refractivity contribution in [2.24, 2.45) is 0 Å². The van der Waals surface area contributed by atoms with Crippen LogP contribution >= 0.6 is 11.3 Å². The first kappa shape index (κ1) is 14.7. The highest BCUT2D eigenvalue weighted by atomic mass is 32.1. The van der Waals surface area contributed by atoms with Crippen molar-refractivity contribution in [1.29, 1.82) is 0 Å². The number of aliphatic hydroxyl groups excluding tert-OH is 1. The molecule has 0 aliphatic carbocycles. The van der Waals surface area contributed by atoms with Gasteiger partial charge in [0.1, 0.15) is 16.5 Å². The lowest BCUT2D eigenvalue weighted by Gasteiger charge is -2.34. The van der Waals surface area contributed by atoms with Gasteiger partial charge in [0.25, 0.3) is 0 Å². The highest BCUT2D eigenvalue weighted by Crippen LogP contribution is 2.24. The van der Waals surface area contributed by atoms with Gasteiger partial charge in [-0.3, -0.25) is 4.90 Å². The lowest BCUT2D eigenvalue weighted by Crippen LogP contribution is -2.44. The van der Waals surface area contributed by atoms with Crippen LogP contribution in [0.15, 0.2) is 11.4 Å². The minimum absolute atomic E-state index is 0.265. The Kier molecular flexibility index (Phi) is 4.67. The zero-order valence-electron chi connectivity index (χ0n) is 12.4. The van der Waals surface area contributed by atoms with Gasteiger partial charge < -0.3 is 10.4 Å². The van der Waals surface area contributed by atoms with E-state index in [-0.39, 0.29) is 6.61 Å². The molecule has 2 N–H and O–H groups in total. The Balaban J connectivity index is 1.62. The van der Waals surface area contributed by atoms with E-state index >= 15 is 0 Å². The number of nitrogens with one attached hydrogen (secondary N) is 1. The largest absolute Gasteiger partial charge is 0.395 e. The Labute approximate surface area is 129 Å². The number of nitrogens with zero attached hydrogens (tertiary/aromatic N) is 3. The summed E-state index contributed by atoms with van der Waals surface area (Å²) in [6.07, 6.45) is 3.57. The minimum Gasteiger partial charge on any atom is -0.395 e. The number of hydrogen-bond acceptors (Lipinski definition) is 6. The second-order valence-corrected chi connectivity index (χ2v) is 6.45. The Morgan fingerprint density at radius 1 is 1.43 bits per heavy atom. The maximum Gasteiger partial charge on any atom is 0.138 e. The molecule has 2 aromatic heterocycles. The van der Waals surface area contributed by atoms with Crippen molar-refractivity contribution in [2.75, 3.05) is 31.6 Å². The molecule has 1 atom stereocenters. The van der Waals surface area contributed by atoms with E-state index in [1.807, 2.05) is 6.92 Å². The molecule has 1 aliphatic heterocycles. The van der Waals surface area contributed by atoms with Crippen LogP contribution in [-0.2, 0) is 0 Å². The number of piperidine rings is 1. The van der Waals surface area contributed by atoms with Gasteiger partial charge in [0.15, 0.2) is 0 Å². The molecule has 3 rings (SSSR count). The molecule has 0 aromatic carbocycles. The van der Waals surface area contributed by atoms with Crippen LogP contribution < -0.4 is 5.32 Å². The molecule has 3 heterocycles. The van der Waals surface area contributed by atoms with Crippen molar-refractivity contribution in [1.82, 2.24) is 14.9 Å². The number of aromatic nitrogens is 2. The van der Waals surface area contributed by atoms with Crippen LogP contribution in [0.4, 0.5) is 5.82 Å². The van der Waals surface area contributed by atoms with Crippen molar-refractivity contribution >= 4 is 27.4 Å². The Morgan fingerprint density at radius 3 is 3.19 bits per heavy atom. The van der Waals surface area contributed by atoms with Crippen LogP contribution in [0.5, 0.6) is 0 Å². The third kappa shape index (κ3) is 3.33. The van der Waals surface area contributed by atoms with Crippen molar-refractivity contribution in [3.8, 4) is 0 Å². The van der Waals surface area contributed by atoms with Crippen LogP contribution in [0.25, 0.3) is 10.2 Å². The van der Waals surface area contributed by atoms with Gasteiger partial charge in [-0.25, -0.2) is 9.97 Å². The molecular weight excluding hydrogens is 284 g/mol. The second kappa shape index (κ2) is 6.68. The van der Waals surface area contributed by atoms with Gasteiger partial charge in [0.2, 0.25) is 0 Å².